The molecule has 3 N–H and O–H groups in total. The number of hydrogen-bond acceptors (Lipinski definition) is 4. The maximum absolute atomic E-state index is 13.4. The van der Waals surface area contributed by atoms with Gasteiger partial charge in [0.2, 0.25) is 0 Å². The number of nitrogens with one attached hydrogen (secondary N) is 1. The Bertz CT molecular complexity index is 768. The Kier molecular flexibility index (Phi) is 3.43. The molecule has 0 aliphatic carbocycles. The molecule has 0 atom stereocenters. The van der Waals surface area contributed by atoms with Gasteiger partial charge in [0.05, 0.1) is 11.4 Å². The van der Waals surface area contributed by atoms with E-state index in [1.54, 1.807) is 20.9 Å². The predicted octanol–water partition coefficient (Wildman–Crippen LogP) is 1.56. The molecule has 0 aliphatic rings. The molecule has 0 saturated carbocycles. The Hall–Kier alpha value is -2.09. The highest BCUT2D eigenvalue weighted by Gasteiger charge is 2.24. The standard InChI is InChI=1S/C12H15FN4O2S/c1-7-4-5-9(6-10(7)13)16-20(18,19)11-8(2)17(3)15-12(11)14/h4-6,16H,1-3H3,(H2,14,15). The topological polar surface area (TPSA) is 90.0 Å². The summed E-state index contributed by atoms with van der Waals surface area (Å²) in [6.07, 6.45) is 0. The summed E-state index contributed by atoms with van der Waals surface area (Å²) in [4.78, 5) is -0.0963. The van der Waals surface area contributed by atoms with Crippen LogP contribution in [0.5, 0.6) is 0 Å². The SMILES string of the molecule is Cc1ccc(NS(=O)(=O)c2c(N)nn(C)c2C)cc1F. The van der Waals surface area contributed by atoms with Crippen molar-refractivity contribution in [2.75, 3.05) is 10.5 Å². The van der Waals surface area contributed by atoms with Gasteiger partial charge in [0.15, 0.2) is 10.7 Å². The molecule has 108 valence electrons. The predicted molar refractivity (Wildman–Crippen MR) is 74.3 cm³/mol. The average Bonchev–Trinajstić information content (AvgIpc) is 2.58. The van der Waals surface area contributed by atoms with Crippen LogP contribution in [0.3, 0.4) is 0 Å². The van der Waals surface area contributed by atoms with Gasteiger partial charge in [0, 0.05) is 7.05 Å². The minimum Gasteiger partial charge on any atom is -0.381 e. The van der Waals surface area contributed by atoms with E-state index in [9.17, 15) is 12.8 Å². The van der Waals surface area contributed by atoms with Gasteiger partial charge in [-0.2, -0.15) is 5.10 Å². The molecular weight excluding hydrogens is 283 g/mol. The highest BCUT2D eigenvalue weighted by atomic mass is 32.2. The van der Waals surface area contributed by atoms with Crippen molar-refractivity contribution in [1.82, 2.24) is 9.78 Å². The summed E-state index contributed by atoms with van der Waals surface area (Å²) in [6, 6.07) is 4.10. The number of nitrogens with zero attached hydrogens (tertiary/aromatic N) is 2. The lowest BCUT2D eigenvalue weighted by Gasteiger charge is -2.09. The van der Waals surface area contributed by atoms with E-state index in [0.717, 1.165) is 6.07 Å². The van der Waals surface area contributed by atoms with E-state index in [2.05, 4.69) is 9.82 Å². The maximum Gasteiger partial charge on any atom is 0.267 e. The van der Waals surface area contributed by atoms with E-state index in [1.165, 1.54) is 16.8 Å². The molecule has 0 bridgehead atoms. The Labute approximate surface area is 116 Å². The van der Waals surface area contributed by atoms with Gasteiger partial charge in [0.25, 0.3) is 10.0 Å². The van der Waals surface area contributed by atoms with Crippen LogP contribution in [0.25, 0.3) is 0 Å². The molecule has 8 heteroatoms. The van der Waals surface area contributed by atoms with Gasteiger partial charge >= 0.3 is 0 Å². The zero-order valence-electron chi connectivity index (χ0n) is 11.3. The highest BCUT2D eigenvalue weighted by Crippen LogP contribution is 2.24. The zero-order chi connectivity index (χ0) is 15.1. The zero-order valence-corrected chi connectivity index (χ0v) is 12.1. The molecule has 1 aromatic heterocycles. The largest absolute Gasteiger partial charge is 0.381 e. The van der Waals surface area contributed by atoms with E-state index in [4.69, 9.17) is 5.73 Å². The van der Waals surface area contributed by atoms with Crippen molar-refractivity contribution >= 4 is 21.5 Å². The molecule has 1 heterocycles. The second kappa shape index (κ2) is 4.78. The molecule has 20 heavy (non-hydrogen) atoms. The van der Waals surface area contributed by atoms with Crippen molar-refractivity contribution in [3.05, 3.63) is 35.3 Å². The van der Waals surface area contributed by atoms with Crippen molar-refractivity contribution in [1.29, 1.82) is 0 Å². The number of nitrogens with two attached hydrogens (primary N) is 1. The molecule has 0 amide bonds. The number of aromatic nitrogens is 2. The number of benzene rings is 1. The lowest BCUT2D eigenvalue weighted by molar-refractivity contribution is 0.600. The average molecular weight is 298 g/mol. The fourth-order valence-electron chi connectivity index (χ4n) is 1.81. The fourth-order valence-corrected chi connectivity index (χ4v) is 3.19. The molecule has 0 aliphatic heterocycles. The summed E-state index contributed by atoms with van der Waals surface area (Å²) in [7, 11) is -2.31. The third kappa shape index (κ3) is 2.46. The third-order valence-electron chi connectivity index (χ3n) is 3.00. The summed E-state index contributed by atoms with van der Waals surface area (Å²) in [5, 5.41) is 3.85. The third-order valence-corrected chi connectivity index (χ3v) is 4.54. The number of halogens is 1. The van der Waals surface area contributed by atoms with Gasteiger partial charge in [-0.15, -0.1) is 0 Å². The van der Waals surface area contributed by atoms with Gasteiger partial charge < -0.3 is 5.73 Å². The summed E-state index contributed by atoms with van der Waals surface area (Å²) in [6.45, 7) is 3.19. The van der Waals surface area contributed by atoms with Crippen LogP contribution in [0.4, 0.5) is 15.9 Å². The van der Waals surface area contributed by atoms with Gasteiger partial charge in [-0.1, -0.05) is 6.07 Å². The van der Waals surface area contributed by atoms with Crippen LogP contribution in [-0.2, 0) is 17.1 Å². The minimum absolute atomic E-state index is 0.0925. The molecule has 0 unspecified atom stereocenters. The summed E-state index contributed by atoms with van der Waals surface area (Å²) < 4.78 is 41.7. The van der Waals surface area contributed by atoms with Gasteiger partial charge in [0.1, 0.15) is 5.82 Å². The Balaban J connectivity index is 2.43. The molecule has 0 saturated heterocycles. The molecule has 6 nitrogen and oxygen atoms in total. The molecular formula is C12H15FN4O2S. The van der Waals surface area contributed by atoms with Crippen LogP contribution < -0.4 is 10.5 Å². The molecule has 0 spiro atoms. The van der Waals surface area contributed by atoms with Crippen LogP contribution in [-0.4, -0.2) is 18.2 Å². The normalized spacial score (nSPS) is 11.6. The Morgan fingerprint density at radius 3 is 2.50 bits per heavy atom. The highest BCUT2D eigenvalue weighted by molar-refractivity contribution is 7.93. The molecule has 0 radical (unpaired) electrons. The first-order chi connectivity index (χ1) is 9.22. The maximum atomic E-state index is 13.4. The second-order valence-electron chi connectivity index (χ2n) is 4.49. The van der Waals surface area contributed by atoms with Crippen molar-refractivity contribution in [3.8, 4) is 0 Å². The molecule has 1 aromatic carbocycles. The Morgan fingerprint density at radius 2 is 2.00 bits per heavy atom. The quantitative estimate of drug-likeness (QED) is 0.899. The van der Waals surface area contributed by atoms with Gasteiger partial charge in [-0.3, -0.25) is 9.40 Å². The second-order valence-corrected chi connectivity index (χ2v) is 6.11. The van der Waals surface area contributed by atoms with E-state index in [0.29, 0.717) is 11.3 Å². The van der Waals surface area contributed by atoms with Crippen LogP contribution in [0.1, 0.15) is 11.3 Å². The number of sulfonamides is 1. The number of nitrogen functional groups attached to an aromatic ring is 1. The van der Waals surface area contributed by atoms with Gasteiger partial charge in [-0.25, -0.2) is 12.8 Å². The fraction of sp³-hybridized carbons (Fsp3) is 0.250. The smallest absolute Gasteiger partial charge is 0.267 e. The number of rotatable bonds is 3. The first kappa shape index (κ1) is 14.3. The lowest BCUT2D eigenvalue weighted by atomic mass is 10.2. The van der Waals surface area contributed by atoms with E-state index >= 15 is 0 Å². The Morgan fingerprint density at radius 1 is 1.35 bits per heavy atom. The van der Waals surface area contributed by atoms with Crippen molar-refractivity contribution in [2.24, 2.45) is 7.05 Å². The van der Waals surface area contributed by atoms with Crippen LogP contribution in [0, 0.1) is 19.7 Å². The first-order valence-electron chi connectivity index (χ1n) is 5.80. The van der Waals surface area contributed by atoms with Crippen molar-refractivity contribution in [2.45, 2.75) is 18.7 Å². The molecule has 0 fully saturated rings. The summed E-state index contributed by atoms with van der Waals surface area (Å²) in [5.41, 5.74) is 6.59. The number of aryl methyl sites for hydroxylation is 2. The first-order valence-corrected chi connectivity index (χ1v) is 7.28. The summed E-state index contributed by atoms with van der Waals surface area (Å²) in [5.74, 6) is -0.578. The van der Waals surface area contributed by atoms with E-state index in [-0.39, 0.29) is 16.4 Å². The summed E-state index contributed by atoms with van der Waals surface area (Å²) >= 11 is 0. The minimum atomic E-state index is -3.91. The van der Waals surface area contributed by atoms with E-state index < -0.39 is 15.8 Å². The van der Waals surface area contributed by atoms with Crippen molar-refractivity contribution < 1.29 is 12.8 Å². The van der Waals surface area contributed by atoms with E-state index in [1.807, 2.05) is 0 Å². The number of hydrogen-bond donors (Lipinski definition) is 2. The monoisotopic (exact) mass is 298 g/mol. The molecule has 2 aromatic rings. The van der Waals surface area contributed by atoms with Gasteiger partial charge in [-0.05, 0) is 31.5 Å². The van der Waals surface area contributed by atoms with Crippen LogP contribution in [0.15, 0.2) is 23.1 Å². The number of anilines is 2. The lowest BCUT2D eigenvalue weighted by Crippen LogP contribution is -2.15. The molecule has 2 rings (SSSR count). The van der Waals surface area contributed by atoms with Crippen molar-refractivity contribution in [3.63, 3.8) is 0 Å². The van der Waals surface area contributed by atoms with Crippen LogP contribution in [0.2, 0.25) is 0 Å². The van der Waals surface area contributed by atoms with Crippen LogP contribution >= 0.6 is 0 Å².